The number of benzene rings is 2. The maximum atomic E-state index is 13.1. The van der Waals surface area contributed by atoms with Gasteiger partial charge in [0.2, 0.25) is 5.88 Å². The molecule has 0 unspecified atom stereocenters. The molecule has 0 aliphatic heterocycles. The minimum Gasteiger partial charge on any atom is -0.438 e. The van der Waals surface area contributed by atoms with E-state index in [9.17, 15) is 26.0 Å². The lowest BCUT2D eigenvalue weighted by Crippen LogP contribution is -2.48. The van der Waals surface area contributed by atoms with Crippen LogP contribution in [-0.4, -0.2) is 30.9 Å². The molecule has 0 aliphatic rings. The molecule has 1 aromatic heterocycles. The molecular weight excluding hydrogens is 476 g/mol. The quantitative estimate of drug-likeness (QED) is 0.417. The lowest BCUT2D eigenvalue weighted by molar-refractivity contribution is -0.121. The van der Waals surface area contributed by atoms with Gasteiger partial charge in [0.15, 0.2) is 0 Å². The van der Waals surface area contributed by atoms with E-state index < -0.39 is 34.3 Å². The number of aryl methyl sites for hydroxylation is 1. The first kappa shape index (κ1) is 25.7. The predicted molar refractivity (Wildman–Crippen MR) is 119 cm³/mol. The van der Waals surface area contributed by atoms with Gasteiger partial charge in [0.1, 0.15) is 18.1 Å². The fourth-order valence-corrected chi connectivity index (χ4v) is 4.43. The summed E-state index contributed by atoms with van der Waals surface area (Å²) in [5.41, 5.74) is 0.664. The summed E-state index contributed by atoms with van der Waals surface area (Å²) in [6, 6.07) is 14.1. The summed E-state index contributed by atoms with van der Waals surface area (Å²) in [5, 5.41) is 4.39. The Morgan fingerprint density at radius 2 is 1.74 bits per heavy atom. The molecule has 0 radical (unpaired) electrons. The van der Waals surface area contributed by atoms with Crippen LogP contribution in [0.1, 0.15) is 26.3 Å². The fraction of sp³-hybridized carbons (Fsp3) is 0.318. The van der Waals surface area contributed by atoms with E-state index in [0.717, 1.165) is 0 Å². The Morgan fingerprint density at radius 1 is 1.06 bits per heavy atom. The van der Waals surface area contributed by atoms with E-state index in [-0.39, 0.29) is 5.88 Å². The van der Waals surface area contributed by atoms with Crippen molar-refractivity contribution in [3.63, 3.8) is 0 Å². The molecular formula is C22H24F4N4O3S. The highest BCUT2D eigenvalue weighted by Crippen LogP contribution is 2.30. The van der Waals surface area contributed by atoms with Gasteiger partial charge in [0, 0.05) is 18.2 Å². The topological polar surface area (TPSA) is 85.2 Å². The van der Waals surface area contributed by atoms with Crippen molar-refractivity contribution < 1.29 is 30.7 Å². The van der Waals surface area contributed by atoms with Crippen LogP contribution in [0.25, 0.3) is 11.3 Å². The molecule has 2 N–H and O–H groups in total. The van der Waals surface area contributed by atoms with Crippen molar-refractivity contribution in [1.29, 1.82) is 0 Å². The maximum Gasteiger partial charge on any atom is 0.402 e. The van der Waals surface area contributed by atoms with Crippen molar-refractivity contribution in [2.24, 2.45) is 0 Å². The first-order chi connectivity index (χ1) is 15.8. The Labute approximate surface area is 194 Å². The van der Waals surface area contributed by atoms with Crippen LogP contribution in [-0.2, 0) is 22.3 Å². The van der Waals surface area contributed by atoms with Gasteiger partial charge < -0.3 is 4.74 Å². The zero-order valence-corrected chi connectivity index (χ0v) is 19.5. The average Bonchev–Trinajstić information content (AvgIpc) is 3.16. The molecule has 0 saturated heterocycles. The number of hydrogen-bond acceptors (Lipinski definition) is 4. The third kappa shape index (κ3) is 6.78. The number of ether oxygens (including phenoxy) is 1. The third-order valence-electron chi connectivity index (χ3n) is 4.83. The Hall–Kier alpha value is -2.96. The first-order valence-electron chi connectivity index (χ1n) is 10.3. The van der Waals surface area contributed by atoms with Crippen LogP contribution >= 0.6 is 0 Å². The van der Waals surface area contributed by atoms with Gasteiger partial charge in [-0.05, 0) is 56.7 Å². The number of halogens is 4. The molecule has 184 valence electrons. The minimum absolute atomic E-state index is 0.283. The lowest BCUT2D eigenvalue weighted by Gasteiger charge is -2.27. The standard InChI is InChI=1S/C22H24F4N4O3S/c1-4-30-19(13-20(28-30)33-18-10-8-17(23)9-11-18)15-6-5-7-16(12-15)21(2,3)29-34(31,32)27-14-22(24,25)26/h5-13,27,29H,4,14H2,1-3H3. The Balaban J connectivity index is 1.85. The second kappa shape index (κ2) is 9.72. The minimum atomic E-state index is -4.68. The molecule has 34 heavy (non-hydrogen) atoms. The third-order valence-corrected chi connectivity index (χ3v) is 6.13. The molecule has 0 saturated carbocycles. The number of nitrogens with one attached hydrogen (secondary N) is 2. The average molecular weight is 501 g/mol. The van der Waals surface area contributed by atoms with Gasteiger partial charge in [-0.3, -0.25) is 4.68 Å². The molecule has 0 atom stereocenters. The summed E-state index contributed by atoms with van der Waals surface area (Å²) in [4.78, 5) is 0. The van der Waals surface area contributed by atoms with E-state index in [0.29, 0.717) is 29.1 Å². The summed E-state index contributed by atoms with van der Waals surface area (Å²) in [5.74, 6) is 0.297. The summed E-state index contributed by atoms with van der Waals surface area (Å²) in [6.45, 7) is 3.79. The molecule has 3 rings (SSSR count). The van der Waals surface area contributed by atoms with Crippen molar-refractivity contribution in [3.05, 3.63) is 66.0 Å². The number of aromatic nitrogens is 2. The maximum absolute atomic E-state index is 13.1. The van der Waals surface area contributed by atoms with Gasteiger partial charge in [0.25, 0.3) is 10.2 Å². The molecule has 12 heteroatoms. The summed E-state index contributed by atoms with van der Waals surface area (Å²) in [6.07, 6.45) is -4.68. The zero-order valence-electron chi connectivity index (χ0n) is 18.6. The Morgan fingerprint density at radius 3 is 2.35 bits per heavy atom. The number of alkyl halides is 3. The fourth-order valence-electron chi connectivity index (χ4n) is 3.21. The first-order valence-corrected chi connectivity index (χ1v) is 11.7. The van der Waals surface area contributed by atoms with Crippen molar-refractivity contribution >= 4 is 10.2 Å². The van der Waals surface area contributed by atoms with Crippen LogP contribution in [0.4, 0.5) is 17.6 Å². The van der Waals surface area contributed by atoms with Crippen molar-refractivity contribution in [3.8, 4) is 22.9 Å². The van der Waals surface area contributed by atoms with Crippen molar-refractivity contribution in [1.82, 2.24) is 19.2 Å². The lowest BCUT2D eigenvalue weighted by atomic mass is 9.93. The molecule has 1 heterocycles. The monoisotopic (exact) mass is 500 g/mol. The van der Waals surface area contributed by atoms with Gasteiger partial charge in [-0.2, -0.15) is 31.0 Å². The molecule has 0 bridgehead atoms. The number of hydrogen-bond donors (Lipinski definition) is 2. The van der Waals surface area contributed by atoms with E-state index in [1.807, 2.05) is 6.92 Å². The molecule has 0 fully saturated rings. The normalized spacial score (nSPS) is 12.7. The number of nitrogens with zero attached hydrogens (tertiary/aromatic N) is 2. The van der Waals surface area contributed by atoms with Crippen LogP contribution in [0.2, 0.25) is 0 Å². The molecule has 0 aliphatic carbocycles. The van der Waals surface area contributed by atoms with Gasteiger partial charge in [-0.15, -0.1) is 5.10 Å². The van der Waals surface area contributed by atoms with Gasteiger partial charge in [-0.1, -0.05) is 18.2 Å². The smallest absolute Gasteiger partial charge is 0.402 e. The molecule has 2 aromatic carbocycles. The highest BCUT2D eigenvalue weighted by molar-refractivity contribution is 7.87. The Bertz CT molecular complexity index is 1240. The van der Waals surface area contributed by atoms with E-state index >= 15 is 0 Å². The van der Waals surface area contributed by atoms with E-state index in [2.05, 4.69) is 9.82 Å². The van der Waals surface area contributed by atoms with Gasteiger partial charge >= 0.3 is 6.18 Å². The van der Waals surface area contributed by atoms with E-state index in [1.165, 1.54) is 29.0 Å². The number of rotatable bonds is 9. The van der Waals surface area contributed by atoms with Crippen LogP contribution in [0.3, 0.4) is 0 Å². The second-order valence-electron chi connectivity index (χ2n) is 7.99. The molecule has 7 nitrogen and oxygen atoms in total. The van der Waals surface area contributed by atoms with Gasteiger partial charge in [-0.25, -0.2) is 4.39 Å². The molecule has 0 amide bonds. The van der Waals surface area contributed by atoms with Gasteiger partial charge in [0.05, 0.1) is 11.2 Å². The second-order valence-corrected chi connectivity index (χ2v) is 9.49. The molecule has 0 spiro atoms. The van der Waals surface area contributed by atoms with E-state index in [1.54, 1.807) is 48.9 Å². The van der Waals surface area contributed by atoms with Crippen LogP contribution in [0.15, 0.2) is 54.6 Å². The SMILES string of the molecule is CCn1nc(Oc2ccc(F)cc2)cc1-c1cccc(C(C)(C)NS(=O)(=O)NCC(F)(F)F)c1. The van der Waals surface area contributed by atoms with Crippen LogP contribution in [0, 0.1) is 5.82 Å². The summed E-state index contributed by atoms with van der Waals surface area (Å²) in [7, 11) is -4.43. The van der Waals surface area contributed by atoms with E-state index in [4.69, 9.17) is 4.74 Å². The van der Waals surface area contributed by atoms with Crippen molar-refractivity contribution in [2.75, 3.05) is 6.54 Å². The summed E-state index contributed by atoms with van der Waals surface area (Å²) >= 11 is 0. The van der Waals surface area contributed by atoms with Crippen molar-refractivity contribution in [2.45, 2.75) is 39.0 Å². The van der Waals surface area contributed by atoms with Crippen LogP contribution < -0.4 is 14.2 Å². The largest absolute Gasteiger partial charge is 0.438 e. The predicted octanol–water partition coefficient (Wildman–Crippen LogP) is 4.72. The summed E-state index contributed by atoms with van der Waals surface area (Å²) < 4.78 is 85.8. The highest BCUT2D eigenvalue weighted by Gasteiger charge is 2.32. The Kier molecular flexibility index (Phi) is 7.34. The molecule has 3 aromatic rings. The zero-order chi connectivity index (χ0) is 25.1. The highest BCUT2D eigenvalue weighted by atomic mass is 32.2. The van der Waals surface area contributed by atoms with Crippen LogP contribution in [0.5, 0.6) is 11.6 Å².